The Morgan fingerprint density at radius 1 is 1.00 bits per heavy atom. The van der Waals surface area contributed by atoms with Crippen LogP contribution in [0.4, 0.5) is 5.69 Å². The summed E-state index contributed by atoms with van der Waals surface area (Å²) in [6.07, 6.45) is 0. The first-order valence-corrected chi connectivity index (χ1v) is 7.41. The monoisotopic (exact) mass is 328 g/mol. The van der Waals surface area contributed by atoms with Crippen molar-refractivity contribution in [3.8, 4) is 11.5 Å². The molecule has 2 aromatic carbocycles. The lowest BCUT2D eigenvalue weighted by Gasteiger charge is -2.14. The van der Waals surface area contributed by atoms with Crippen molar-refractivity contribution in [2.75, 3.05) is 26.1 Å². The number of benzene rings is 2. The summed E-state index contributed by atoms with van der Waals surface area (Å²) in [6, 6.07) is 12.2. The van der Waals surface area contributed by atoms with E-state index in [1.165, 1.54) is 7.11 Å². The Morgan fingerprint density at radius 2 is 1.67 bits per heavy atom. The summed E-state index contributed by atoms with van der Waals surface area (Å²) in [5, 5.41) is 5.28. The third kappa shape index (κ3) is 4.25. The lowest BCUT2D eigenvalue weighted by Crippen LogP contribution is -2.32. The second-order valence-corrected chi connectivity index (χ2v) is 5.12. The van der Waals surface area contributed by atoms with E-state index in [1.807, 2.05) is 13.0 Å². The zero-order valence-corrected chi connectivity index (χ0v) is 13.9. The van der Waals surface area contributed by atoms with Gasteiger partial charge in [-0.1, -0.05) is 18.2 Å². The summed E-state index contributed by atoms with van der Waals surface area (Å²) < 4.78 is 10.5. The SMILES string of the molecule is COc1cc(NC(=O)CNC(=O)c2ccccc2)c(OC)cc1C. The van der Waals surface area contributed by atoms with Crippen LogP contribution in [0.3, 0.4) is 0 Å². The van der Waals surface area contributed by atoms with Gasteiger partial charge in [-0.2, -0.15) is 0 Å². The van der Waals surface area contributed by atoms with Gasteiger partial charge in [-0.25, -0.2) is 0 Å². The van der Waals surface area contributed by atoms with Gasteiger partial charge in [0, 0.05) is 11.6 Å². The van der Waals surface area contributed by atoms with Gasteiger partial charge in [0.25, 0.3) is 5.91 Å². The first-order chi connectivity index (χ1) is 11.5. The number of aryl methyl sites for hydroxylation is 1. The zero-order valence-electron chi connectivity index (χ0n) is 13.9. The maximum Gasteiger partial charge on any atom is 0.251 e. The first-order valence-electron chi connectivity index (χ1n) is 7.41. The number of methoxy groups -OCH3 is 2. The molecule has 6 nitrogen and oxygen atoms in total. The Morgan fingerprint density at radius 3 is 2.29 bits per heavy atom. The van der Waals surface area contributed by atoms with Gasteiger partial charge in [-0.15, -0.1) is 0 Å². The van der Waals surface area contributed by atoms with E-state index in [-0.39, 0.29) is 18.4 Å². The van der Waals surface area contributed by atoms with Crippen LogP contribution in [0.5, 0.6) is 11.5 Å². The fraction of sp³-hybridized carbons (Fsp3) is 0.222. The molecule has 24 heavy (non-hydrogen) atoms. The average molecular weight is 328 g/mol. The highest BCUT2D eigenvalue weighted by Gasteiger charge is 2.13. The van der Waals surface area contributed by atoms with E-state index in [9.17, 15) is 9.59 Å². The molecular weight excluding hydrogens is 308 g/mol. The predicted molar refractivity (Wildman–Crippen MR) is 91.7 cm³/mol. The molecule has 0 bridgehead atoms. The highest BCUT2D eigenvalue weighted by atomic mass is 16.5. The second kappa shape index (κ2) is 8.01. The molecule has 0 spiro atoms. The van der Waals surface area contributed by atoms with Crippen molar-refractivity contribution in [2.45, 2.75) is 6.92 Å². The molecule has 0 radical (unpaired) electrons. The quantitative estimate of drug-likeness (QED) is 0.853. The average Bonchev–Trinajstić information content (AvgIpc) is 2.61. The summed E-state index contributed by atoms with van der Waals surface area (Å²) in [7, 11) is 3.08. The number of rotatable bonds is 6. The van der Waals surface area contributed by atoms with Gasteiger partial charge in [0.05, 0.1) is 26.5 Å². The van der Waals surface area contributed by atoms with E-state index in [0.717, 1.165) is 5.56 Å². The smallest absolute Gasteiger partial charge is 0.251 e. The number of ether oxygens (including phenoxy) is 2. The van der Waals surface area contributed by atoms with Gasteiger partial charge < -0.3 is 20.1 Å². The van der Waals surface area contributed by atoms with E-state index in [2.05, 4.69) is 10.6 Å². The van der Waals surface area contributed by atoms with E-state index in [4.69, 9.17) is 9.47 Å². The first kappa shape index (κ1) is 17.3. The summed E-state index contributed by atoms with van der Waals surface area (Å²) >= 11 is 0. The minimum atomic E-state index is -0.358. The minimum Gasteiger partial charge on any atom is -0.496 e. The highest BCUT2D eigenvalue weighted by molar-refractivity contribution is 5.99. The number of carbonyl (C=O) groups is 2. The third-order valence-corrected chi connectivity index (χ3v) is 3.44. The molecule has 0 aliphatic carbocycles. The minimum absolute atomic E-state index is 0.146. The van der Waals surface area contributed by atoms with Crippen LogP contribution in [0.25, 0.3) is 0 Å². The molecule has 126 valence electrons. The summed E-state index contributed by atoms with van der Waals surface area (Å²) in [6.45, 7) is 1.74. The van der Waals surface area contributed by atoms with Crippen LogP contribution in [0.2, 0.25) is 0 Å². The Balaban J connectivity index is 2.01. The van der Waals surface area contributed by atoms with Crippen LogP contribution in [0, 0.1) is 6.92 Å². The van der Waals surface area contributed by atoms with Crippen LogP contribution < -0.4 is 20.1 Å². The van der Waals surface area contributed by atoms with Crippen LogP contribution in [-0.4, -0.2) is 32.6 Å². The van der Waals surface area contributed by atoms with Crippen molar-refractivity contribution in [1.82, 2.24) is 5.32 Å². The molecule has 2 N–H and O–H groups in total. The fourth-order valence-corrected chi connectivity index (χ4v) is 2.19. The highest BCUT2D eigenvalue weighted by Crippen LogP contribution is 2.32. The maximum absolute atomic E-state index is 12.1. The summed E-state index contributed by atoms with van der Waals surface area (Å²) in [5.41, 5.74) is 1.88. The molecule has 0 saturated heterocycles. The molecule has 0 atom stereocenters. The van der Waals surface area contributed by atoms with Crippen molar-refractivity contribution in [3.05, 3.63) is 53.6 Å². The van der Waals surface area contributed by atoms with Gasteiger partial charge >= 0.3 is 0 Å². The van der Waals surface area contributed by atoms with Crippen LogP contribution >= 0.6 is 0 Å². The van der Waals surface area contributed by atoms with E-state index in [0.29, 0.717) is 22.7 Å². The molecular formula is C18H20N2O4. The molecule has 2 amide bonds. The van der Waals surface area contributed by atoms with E-state index in [1.54, 1.807) is 43.5 Å². The molecule has 0 aliphatic rings. The normalized spacial score (nSPS) is 9.96. The van der Waals surface area contributed by atoms with Crippen molar-refractivity contribution >= 4 is 17.5 Å². The van der Waals surface area contributed by atoms with Gasteiger partial charge in [-0.3, -0.25) is 9.59 Å². The maximum atomic E-state index is 12.1. The number of hydrogen-bond acceptors (Lipinski definition) is 4. The number of hydrogen-bond donors (Lipinski definition) is 2. The van der Waals surface area contributed by atoms with Crippen molar-refractivity contribution in [1.29, 1.82) is 0 Å². The lowest BCUT2D eigenvalue weighted by molar-refractivity contribution is -0.115. The van der Waals surface area contributed by atoms with Crippen LogP contribution in [-0.2, 0) is 4.79 Å². The molecule has 0 aliphatic heterocycles. The zero-order chi connectivity index (χ0) is 17.5. The Hall–Kier alpha value is -3.02. The number of amides is 2. The Kier molecular flexibility index (Phi) is 5.78. The number of anilines is 1. The molecule has 6 heteroatoms. The number of nitrogens with one attached hydrogen (secondary N) is 2. The van der Waals surface area contributed by atoms with Gasteiger partial charge in [0.2, 0.25) is 5.91 Å². The Labute approximate surface area is 140 Å². The van der Waals surface area contributed by atoms with Gasteiger partial charge in [0.15, 0.2) is 0 Å². The number of carbonyl (C=O) groups excluding carboxylic acids is 2. The second-order valence-electron chi connectivity index (χ2n) is 5.12. The molecule has 2 rings (SSSR count). The van der Waals surface area contributed by atoms with E-state index < -0.39 is 0 Å². The van der Waals surface area contributed by atoms with Gasteiger partial charge in [0.1, 0.15) is 11.5 Å². The molecule has 0 aromatic heterocycles. The molecule has 0 saturated carbocycles. The summed E-state index contributed by atoms with van der Waals surface area (Å²) in [5.74, 6) is 0.498. The van der Waals surface area contributed by atoms with Crippen LogP contribution in [0.15, 0.2) is 42.5 Å². The van der Waals surface area contributed by atoms with Crippen LogP contribution in [0.1, 0.15) is 15.9 Å². The molecule has 0 fully saturated rings. The molecule has 0 unspecified atom stereocenters. The lowest BCUT2D eigenvalue weighted by atomic mass is 10.2. The van der Waals surface area contributed by atoms with Gasteiger partial charge in [-0.05, 0) is 30.7 Å². The molecule has 2 aromatic rings. The van der Waals surface area contributed by atoms with E-state index >= 15 is 0 Å². The largest absolute Gasteiger partial charge is 0.496 e. The van der Waals surface area contributed by atoms with Crippen molar-refractivity contribution in [3.63, 3.8) is 0 Å². The predicted octanol–water partition coefficient (Wildman–Crippen LogP) is 2.38. The topological polar surface area (TPSA) is 76.7 Å². The van der Waals surface area contributed by atoms with Crippen molar-refractivity contribution < 1.29 is 19.1 Å². The Bertz CT molecular complexity index is 729. The third-order valence-electron chi connectivity index (χ3n) is 3.44. The fourth-order valence-electron chi connectivity index (χ4n) is 2.19. The molecule has 0 heterocycles. The standard InChI is InChI=1S/C18H20N2O4/c1-12-9-16(24-3)14(10-15(12)23-2)20-17(21)11-19-18(22)13-7-5-4-6-8-13/h4-10H,11H2,1-3H3,(H,19,22)(H,20,21). The van der Waals surface area contributed by atoms with Crippen molar-refractivity contribution in [2.24, 2.45) is 0 Å². The summed E-state index contributed by atoms with van der Waals surface area (Å²) in [4.78, 5) is 24.0.